The third kappa shape index (κ3) is 4.95. The molecule has 0 bridgehead atoms. The second-order valence-corrected chi connectivity index (χ2v) is 5.51. The lowest BCUT2D eigenvalue weighted by Gasteiger charge is -2.12. The summed E-state index contributed by atoms with van der Waals surface area (Å²) in [5.74, 6) is 2.48. The second kappa shape index (κ2) is 7.69. The van der Waals surface area contributed by atoms with Crippen LogP contribution in [0.5, 0.6) is 5.75 Å². The van der Waals surface area contributed by atoms with Crippen molar-refractivity contribution >= 4 is 5.91 Å². The molecule has 4 nitrogen and oxygen atoms in total. The van der Waals surface area contributed by atoms with Crippen molar-refractivity contribution in [3.63, 3.8) is 0 Å². The predicted molar refractivity (Wildman–Crippen MR) is 85.9 cm³/mol. The van der Waals surface area contributed by atoms with E-state index in [2.05, 4.69) is 5.32 Å². The number of carbonyl (C=O) groups is 1. The van der Waals surface area contributed by atoms with E-state index in [-0.39, 0.29) is 11.9 Å². The number of nitrogens with one attached hydrogen (secondary N) is 1. The van der Waals surface area contributed by atoms with E-state index in [0.29, 0.717) is 19.4 Å². The maximum absolute atomic E-state index is 11.9. The van der Waals surface area contributed by atoms with Crippen molar-refractivity contribution < 1.29 is 13.9 Å². The molecule has 1 aromatic heterocycles. The lowest BCUT2D eigenvalue weighted by molar-refractivity contribution is -0.122. The molecule has 0 saturated carbocycles. The Bertz CT molecular complexity index is 618. The number of hydrogen-bond donors (Lipinski definition) is 1. The fraction of sp³-hybridized carbons (Fsp3) is 0.389. The molecule has 1 aromatic carbocycles. The Kier molecular flexibility index (Phi) is 5.64. The summed E-state index contributed by atoms with van der Waals surface area (Å²) in [5, 5.41) is 2.93. The number of ether oxygens (including phenoxy) is 1. The molecule has 1 heterocycles. The van der Waals surface area contributed by atoms with Crippen molar-refractivity contribution in [2.75, 3.05) is 6.61 Å². The number of aryl methyl sites for hydroxylation is 2. The standard InChI is InChI=1S/C18H23NO3/c1-13-6-4-7-16(12-13)21-11-5-8-18(20)19-15(3)17-10-9-14(2)22-17/h4,6-7,9-10,12,15H,5,8,11H2,1-3H3,(H,19,20). The molecule has 0 aliphatic rings. The molecule has 1 unspecified atom stereocenters. The fourth-order valence-corrected chi connectivity index (χ4v) is 2.20. The van der Waals surface area contributed by atoms with Gasteiger partial charge in [0.1, 0.15) is 17.3 Å². The van der Waals surface area contributed by atoms with E-state index in [1.54, 1.807) is 0 Å². The van der Waals surface area contributed by atoms with Crippen LogP contribution >= 0.6 is 0 Å². The Labute approximate surface area is 131 Å². The van der Waals surface area contributed by atoms with Crippen LogP contribution in [0.4, 0.5) is 0 Å². The maximum Gasteiger partial charge on any atom is 0.220 e. The van der Waals surface area contributed by atoms with Crippen molar-refractivity contribution in [2.24, 2.45) is 0 Å². The molecule has 2 rings (SSSR count). The monoisotopic (exact) mass is 301 g/mol. The minimum absolute atomic E-state index is 0.00870. The van der Waals surface area contributed by atoms with Crippen molar-refractivity contribution in [2.45, 2.75) is 39.7 Å². The first-order chi connectivity index (χ1) is 10.5. The van der Waals surface area contributed by atoms with Crippen LogP contribution in [0.25, 0.3) is 0 Å². The zero-order valence-electron chi connectivity index (χ0n) is 13.4. The number of furan rings is 1. The summed E-state index contributed by atoms with van der Waals surface area (Å²) in [6.07, 6.45) is 1.12. The quantitative estimate of drug-likeness (QED) is 0.788. The highest BCUT2D eigenvalue weighted by atomic mass is 16.5. The average molecular weight is 301 g/mol. The molecule has 0 fully saturated rings. The van der Waals surface area contributed by atoms with Crippen LogP contribution in [-0.4, -0.2) is 12.5 Å². The van der Waals surface area contributed by atoms with Gasteiger partial charge in [-0.3, -0.25) is 4.79 Å². The molecule has 4 heteroatoms. The van der Waals surface area contributed by atoms with Crippen LogP contribution in [0, 0.1) is 13.8 Å². The summed E-state index contributed by atoms with van der Waals surface area (Å²) in [5.41, 5.74) is 1.16. The van der Waals surface area contributed by atoms with Crippen LogP contribution in [0.15, 0.2) is 40.8 Å². The Morgan fingerprint density at radius 2 is 2.09 bits per heavy atom. The lowest BCUT2D eigenvalue weighted by atomic mass is 10.2. The van der Waals surface area contributed by atoms with Gasteiger partial charge in [-0.15, -0.1) is 0 Å². The summed E-state index contributed by atoms with van der Waals surface area (Å²) in [6.45, 7) is 6.36. The molecule has 0 aliphatic carbocycles. The van der Waals surface area contributed by atoms with Crippen LogP contribution in [-0.2, 0) is 4.79 Å². The summed E-state index contributed by atoms with van der Waals surface area (Å²) in [4.78, 5) is 11.9. The van der Waals surface area contributed by atoms with Crippen LogP contribution in [0.3, 0.4) is 0 Å². The topological polar surface area (TPSA) is 51.5 Å². The predicted octanol–water partition coefficient (Wildman–Crippen LogP) is 3.93. The van der Waals surface area contributed by atoms with Crippen molar-refractivity contribution in [3.8, 4) is 5.75 Å². The van der Waals surface area contributed by atoms with E-state index >= 15 is 0 Å². The Balaban J connectivity index is 1.67. The normalized spacial score (nSPS) is 12.0. The summed E-state index contributed by atoms with van der Waals surface area (Å²) < 4.78 is 11.1. The van der Waals surface area contributed by atoms with E-state index in [1.807, 2.05) is 57.2 Å². The minimum atomic E-state index is -0.112. The first-order valence-corrected chi connectivity index (χ1v) is 7.60. The van der Waals surface area contributed by atoms with Gasteiger partial charge in [-0.05, 0) is 57.0 Å². The zero-order valence-corrected chi connectivity index (χ0v) is 13.4. The fourth-order valence-electron chi connectivity index (χ4n) is 2.20. The van der Waals surface area contributed by atoms with Gasteiger partial charge in [-0.25, -0.2) is 0 Å². The van der Waals surface area contributed by atoms with Gasteiger partial charge in [0.05, 0.1) is 12.6 Å². The largest absolute Gasteiger partial charge is 0.494 e. The van der Waals surface area contributed by atoms with E-state index in [4.69, 9.17) is 9.15 Å². The molecule has 1 N–H and O–H groups in total. The van der Waals surface area contributed by atoms with Gasteiger partial charge >= 0.3 is 0 Å². The highest BCUT2D eigenvalue weighted by Crippen LogP contribution is 2.16. The van der Waals surface area contributed by atoms with Gasteiger partial charge in [-0.2, -0.15) is 0 Å². The second-order valence-electron chi connectivity index (χ2n) is 5.51. The highest BCUT2D eigenvalue weighted by molar-refractivity contribution is 5.76. The number of carbonyl (C=O) groups excluding carboxylic acids is 1. The Hall–Kier alpha value is -2.23. The molecule has 0 radical (unpaired) electrons. The summed E-state index contributed by atoms with van der Waals surface area (Å²) >= 11 is 0. The maximum atomic E-state index is 11.9. The summed E-state index contributed by atoms with van der Waals surface area (Å²) in [7, 11) is 0. The van der Waals surface area contributed by atoms with Crippen molar-refractivity contribution in [1.29, 1.82) is 0 Å². The zero-order chi connectivity index (χ0) is 15.9. The number of rotatable bonds is 7. The molecule has 2 aromatic rings. The van der Waals surface area contributed by atoms with Gasteiger partial charge in [0, 0.05) is 6.42 Å². The smallest absolute Gasteiger partial charge is 0.220 e. The molecular formula is C18H23NO3. The molecule has 22 heavy (non-hydrogen) atoms. The van der Waals surface area contributed by atoms with E-state index in [1.165, 1.54) is 0 Å². The van der Waals surface area contributed by atoms with Crippen LogP contribution < -0.4 is 10.1 Å². The molecule has 0 aliphatic heterocycles. The Morgan fingerprint density at radius 3 is 2.77 bits per heavy atom. The lowest BCUT2D eigenvalue weighted by Crippen LogP contribution is -2.26. The van der Waals surface area contributed by atoms with Gasteiger partial charge in [0.15, 0.2) is 0 Å². The minimum Gasteiger partial charge on any atom is -0.494 e. The SMILES string of the molecule is Cc1cccc(OCCCC(=O)NC(C)c2ccc(C)o2)c1. The van der Waals surface area contributed by atoms with E-state index in [0.717, 1.165) is 22.8 Å². The number of hydrogen-bond acceptors (Lipinski definition) is 3. The van der Waals surface area contributed by atoms with Crippen molar-refractivity contribution in [1.82, 2.24) is 5.32 Å². The highest BCUT2D eigenvalue weighted by Gasteiger charge is 2.12. The third-order valence-electron chi connectivity index (χ3n) is 3.37. The molecule has 118 valence electrons. The van der Waals surface area contributed by atoms with Gasteiger partial charge in [0.2, 0.25) is 5.91 Å². The van der Waals surface area contributed by atoms with E-state index < -0.39 is 0 Å². The molecule has 0 spiro atoms. The number of benzene rings is 1. The molecular weight excluding hydrogens is 278 g/mol. The van der Waals surface area contributed by atoms with Crippen LogP contribution in [0.2, 0.25) is 0 Å². The van der Waals surface area contributed by atoms with Gasteiger partial charge < -0.3 is 14.5 Å². The molecule has 1 amide bonds. The van der Waals surface area contributed by atoms with Gasteiger partial charge in [0.25, 0.3) is 0 Å². The first-order valence-electron chi connectivity index (χ1n) is 7.60. The van der Waals surface area contributed by atoms with Gasteiger partial charge in [-0.1, -0.05) is 12.1 Å². The van der Waals surface area contributed by atoms with E-state index in [9.17, 15) is 4.79 Å². The molecule has 0 saturated heterocycles. The first kappa shape index (κ1) is 16.1. The van der Waals surface area contributed by atoms with Crippen molar-refractivity contribution in [3.05, 3.63) is 53.5 Å². The number of amides is 1. The molecule has 1 atom stereocenters. The van der Waals surface area contributed by atoms with Crippen LogP contribution in [0.1, 0.15) is 42.9 Å². The third-order valence-corrected chi connectivity index (χ3v) is 3.37. The summed E-state index contributed by atoms with van der Waals surface area (Å²) in [6, 6.07) is 11.6. The Morgan fingerprint density at radius 1 is 1.27 bits per heavy atom. The average Bonchev–Trinajstić information content (AvgIpc) is 2.90.